The van der Waals surface area contributed by atoms with Crippen LogP contribution in [-0.4, -0.2) is 36.3 Å². The summed E-state index contributed by atoms with van der Waals surface area (Å²) in [7, 11) is 0. The van der Waals surface area contributed by atoms with Crippen LogP contribution in [0.15, 0.2) is 71.3 Å². The Morgan fingerprint density at radius 1 is 1.18 bits per heavy atom. The Hall–Kier alpha value is -4.52. The predicted octanol–water partition coefficient (Wildman–Crippen LogP) is 6.58. The van der Waals surface area contributed by atoms with Crippen LogP contribution in [0.5, 0.6) is 17.2 Å². The fraction of sp³-hybridized carbons (Fsp3) is 0.300. The molecule has 1 unspecified atom stereocenters. The first kappa shape index (κ1) is 28.5. The number of carbonyl (C=O) groups is 2. The van der Waals surface area contributed by atoms with Crippen molar-refractivity contribution in [1.29, 1.82) is 5.26 Å². The monoisotopic (exact) mass is 552 g/mol. The van der Waals surface area contributed by atoms with E-state index >= 15 is 0 Å². The molecule has 0 radical (unpaired) electrons. The molecule has 1 aliphatic heterocycles. The standard InChI is InChI=1S/C30H27F3N2O5/c1-18-2-3-19(4-7-22(14-18)30(31,32)33)10-12-35-28(36)20-5-8-23(9-6-20)40-26-16-27-25(15-21(26)17-34)24(29(37)38)11-13-39-27/h4-9,14-16,24H,2-3,10-13H2,1H3,(H,35,36)(H,37,38). The van der Waals surface area contributed by atoms with E-state index in [9.17, 15) is 33.1 Å². The molecular formula is C30H27F3N2O5. The van der Waals surface area contributed by atoms with Crippen LogP contribution in [0.3, 0.4) is 0 Å². The SMILES string of the molecule is CC1=CC(C(F)(F)F)=CC=C(CCNC(=O)c2ccc(Oc3cc4c(cc3C#N)C(C(=O)O)CCO4)cc2)CC1. The van der Waals surface area contributed by atoms with Crippen LogP contribution in [0.2, 0.25) is 0 Å². The minimum atomic E-state index is -4.42. The predicted molar refractivity (Wildman–Crippen MR) is 140 cm³/mol. The Morgan fingerprint density at radius 2 is 1.93 bits per heavy atom. The number of hydrogen-bond donors (Lipinski definition) is 2. The highest BCUT2D eigenvalue weighted by Crippen LogP contribution is 2.39. The summed E-state index contributed by atoms with van der Waals surface area (Å²) in [4.78, 5) is 24.2. The zero-order chi connectivity index (χ0) is 28.9. The van der Waals surface area contributed by atoms with E-state index in [-0.39, 0.29) is 30.4 Å². The number of nitrogens with zero attached hydrogens (tertiary/aromatic N) is 1. The molecule has 0 saturated carbocycles. The minimum absolute atomic E-state index is 0.156. The Balaban J connectivity index is 1.37. The molecule has 2 aromatic rings. The van der Waals surface area contributed by atoms with Gasteiger partial charge in [-0.3, -0.25) is 9.59 Å². The maximum Gasteiger partial charge on any atom is 0.416 e. The number of alkyl halides is 3. The average molecular weight is 553 g/mol. The van der Waals surface area contributed by atoms with Crippen LogP contribution in [0.1, 0.15) is 60.0 Å². The number of nitrogens with one attached hydrogen (secondary N) is 1. The highest BCUT2D eigenvalue weighted by molar-refractivity contribution is 5.94. The van der Waals surface area contributed by atoms with Gasteiger partial charge in [-0.05, 0) is 62.9 Å². The number of nitriles is 1. The fourth-order valence-electron chi connectivity index (χ4n) is 4.50. The van der Waals surface area contributed by atoms with Crippen molar-refractivity contribution in [2.45, 2.75) is 44.7 Å². The number of halogens is 3. The molecule has 0 aromatic heterocycles. The lowest BCUT2D eigenvalue weighted by atomic mass is 9.91. The van der Waals surface area contributed by atoms with Gasteiger partial charge in [-0.15, -0.1) is 0 Å². The van der Waals surface area contributed by atoms with E-state index < -0.39 is 23.6 Å². The van der Waals surface area contributed by atoms with Gasteiger partial charge in [0.25, 0.3) is 5.91 Å². The molecule has 2 aliphatic rings. The van der Waals surface area contributed by atoms with Crippen LogP contribution >= 0.6 is 0 Å². The van der Waals surface area contributed by atoms with Crippen molar-refractivity contribution < 1.29 is 37.3 Å². The van der Waals surface area contributed by atoms with Crippen molar-refractivity contribution in [2.75, 3.05) is 13.2 Å². The van der Waals surface area contributed by atoms with E-state index in [0.717, 1.165) is 17.7 Å². The molecule has 1 amide bonds. The van der Waals surface area contributed by atoms with Crippen molar-refractivity contribution >= 4 is 11.9 Å². The van der Waals surface area contributed by atoms with Crippen molar-refractivity contribution in [2.24, 2.45) is 0 Å². The first-order chi connectivity index (χ1) is 19.0. The van der Waals surface area contributed by atoms with Crippen LogP contribution in [0.25, 0.3) is 0 Å². The summed E-state index contributed by atoms with van der Waals surface area (Å²) in [6.07, 6.45) is 1.15. The molecule has 208 valence electrons. The summed E-state index contributed by atoms with van der Waals surface area (Å²) in [5, 5.41) is 21.8. The number of carboxylic acids is 1. The number of amides is 1. The van der Waals surface area contributed by atoms with Crippen molar-refractivity contribution in [1.82, 2.24) is 5.32 Å². The summed E-state index contributed by atoms with van der Waals surface area (Å²) in [6.45, 7) is 2.17. The molecule has 10 heteroatoms. The van der Waals surface area contributed by atoms with Gasteiger partial charge in [0, 0.05) is 23.7 Å². The third-order valence-corrected chi connectivity index (χ3v) is 6.71. The van der Waals surface area contributed by atoms with E-state index in [1.54, 1.807) is 31.2 Å². The molecule has 0 fully saturated rings. The number of aliphatic carboxylic acids is 1. The molecule has 0 bridgehead atoms. The topological polar surface area (TPSA) is 109 Å². The van der Waals surface area contributed by atoms with Crippen LogP contribution < -0.4 is 14.8 Å². The van der Waals surface area contributed by atoms with Gasteiger partial charge in [0.05, 0.1) is 23.7 Å². The van der Waals surface area contributed by atoms with Gasteiger partial charge in [-0.2, -0.15) is 18.4 Å². The summed E-state index contributed by atoms with van der Waals surface area (Å²) in [6, 6.07) is 11.2. The molecule has 0 spiro atoms. The van der Waals surface area contributed by atoms with Crippen molar-refractivity contribution in [3.8, 4) is 23.3 Å². The van der Waals surface area contributed by atoms with E-state index in [1.807, 2.05) is 6.07 Å². The smallest absolute Gasteiger partial charge is 0.416 e. The summed E-state index contributed by atoms with van der Waals surface area (Å²) < 4.78 is 50.9. The molecule has 0 saturated heterocycles. The van der Waals surface area contributed by atoms with Crippen molar-refractivity contribution in [3.05, 3.63) is 88.0 Å². The quantitative estimate of drug-likeness (QED) is 0.402. The third kappa shape index (κ3) is 6.91. The van der Waals surface area contributed by atoms with Gasteiger partial charge in [0.2, 0.25) is 0 Å². The molecule has 4 rings (SSSR count). The molecule has 1 atom stereocenters. The lowest BCUT2D eigenvalue weighted by Gasteiger charge is -2.24. The number of hydrogen-bond acceptors (Lipinski definition) is 5. The van der Waals surface area contributed by atoms with Gasteiger partial charge < -0.3 is 19.9 Å². The largest absolute Gasteiger partial charge is 0.493 e. The number of allylic oxidation sites excluding steroid dienone is 5. The number of benzene rings is 2. The van der Waals surface area contributed by atoms with Crippen LogP contribution in [-0.2, 0) is 4.79 Å². The number of ether oxygens (including phenoxy) is 2. The highest BCUT2D eigenvalue weighted by atomic mass is 19.4. The summed E-state index contributed by atoms with van der Waals surface area (Å²) in [5.74, 6) is -1.20. The molecule has 2 aromatic carbocycles. The van der Waals surface area contributed by atoms with Gasteiger partial charge in [0.1, 0.15) is 23.3 Å². The normalized spacial score (nSPS) is 17.0. The lowest BCUT2D eigenvalue weighted by molar-refractivity contribution is -0.139. The average Bonchev–Trinajstić information content (AvgIpc) is 2.91. The molecule has 40 heavy (non-hydrogen) atoms. The van der Waals surface area contributed by atoms with Gasteiger partial charge in [-0.25, -0.2) is 0 Å². The van der Waals surface area contributed by atoms with Gasteiger partial charge in [0.15, 0.2) is 0 Å². The Labute approximate surface area is 229 Å². The first-order valence-electron chi connectivity index (χ1n) is 12.7. The zero-order valence-electron chi connectivity index (χ0n) is 21.7. The third-order valence-electron chi connectivity index (χ3n) is 6.71. The van der Waals surface area contributed by atoms with E-state index in [4.69, 9.17) is 9.47 Å². The number of rotatable bonds is 7. The maximum atomic E-state index is 13.1. The Morgan fingerprint density at radius 3 is 2.60 bits per heavy atom. The lowest BCUT2D eigenvalue weighted by Crippen LogP contribution is -2.24. The highest BCUT2D eigenvalue weighted by Gasteiger charge is 2.32. The van der Waals surface area contributed by atoms with E-state index in [2.05, 4.69) is 5.32 Å². The second-order valence-electron chi connectivity index (χ2n) is 9.59. The molecule has 2 N–H and O–H groups in total. The van der Waals surface area contributed by atoms with Crippen LogP contribution in [0, 0.1) is 11.3 Å². The molecule has 1 aliphatic carbocycles. The minimum Gasteiger partial charge on any atom is -0.493 e. The van der Waals surface area contributed by atoms with Gasteiger partial charge >= 0.3 is 12.1 Å². The second kappa shape index (κ2) is 12.1. The first-order valence-corrected chi connectivity index (χ1v) is 12.7. The number of carbonyl (C=O) groups excluding carboxylic acids is 1. The molecular weight excluding hydrogens is 525 g/mol. The number of carboxylic acid groups (broad SMARTS) is 1. The molecule has 7 nitrogen and oxygen atoms in total. The number of fused-ring (bicyclic) bond motifs is 1. The zero-order valence-corrected chi connectivity index (χ0v) is 21.7. The van der Waals surface area contributed by atoms with Gasteiger partial charge in [-0.1, -0.05) is 29.4 Å². The summed E-state index contributed by atoms with van der Waals surface area (Å²) >= 11 is 0. The second-order valence-corrected chi connectivity index (χ2v) is 9.59. The molecule has 1 heterocycles. The van der Waals surface area contributed by atoms with Crippen molar-refractivity contribution in [3.63, 3.8) is 0 Å². The Bertz CT molecular complexity index is 1430. The summed E-state index contributed by atoms with van der Waals surface area (Å²) in [5.41, 5.74) is 1.71. The van der Waals surface area contributed by atoms with E-state index in [0.29, 0.717) is 53.9 Å². The Kier molecular flexibility index (Phi) is 8.63. The van der Waals surface area contributed by atoms with Crippen LogP contribution in [0.4, 0.5) is 13.2 Å². The van der Waals surface area contributed by atoms with E-state index in [1.165, 1.54) is 18.2 Å². The maximum absolute atomic E-state index is 13.1. The fourth-order valence-corrected chi connectivity index (χ4v) is 4.50.